The van der Waals surface area contributed by atoms with Crippen molar-refractivity contribution in [3.63, 3.8) is 0 Å². The lowest BCUT2D eigenvalue weighted by Crippen LogP contribution is -2.28. The van der Waals surface area contributed by atoms with Crippen LogP contribution in [0.2, 0.25) is 0 Å². The summed E-state index contributed by atoms with van der Waals surface area (Å²) in [6.07, 6.45) is 8.65. The summed E-state index contributed by atoms with van der Waals surface area (Å²) in [4.78, 5) is 26.4. The molecule has 1 aromatic heterocycles. The van der Waals surface area contributed by atoms with Gasteiger partial charge in [-0.15, -0.1) is 0 Å². The van der Waals surface area contributed by atoms with Gasteiger partial charge in [-0.05, 0) is 25.9 Å². The number of H-pyrrole nitrogens is 1. The smallest absolute Gasteiger partial charge is 0.261 e. The van der Waals surface area contributed by atoms with Gasteiger partial charge in [0.25, 0.3) is 5.56 Å². The minimum atomic E-state index is -0.0903. The van der Waals surface area contributed by atoms with Gasteiger partial charge in [-0.2, -0.15) is 0 Å². The first kappa shape index (κ1) is 16.2. The summed E-state index contributed by atoms with van der Waals surface area (Å²) in [6, 6.07) is 0.345. The number of anilines is 1. The number of nitrogens with zero attached hydrogens (tertiary/aromatic N) is 3. The molecule has 1 saturated carbocycles. The second-order valence-electron chi connectivity index (χ2n) is 6.91. The first-order chi connectivity index (χ1) is 11.2. The molecular formula is C17H27N5O. The number of aromatic nitrogens is 2. The van der Waals surface area contributed by atoms with E-state index in [1.165, 1.54) is 25.7 Å². The van der Waals surface area contributed by atoms with Gasteiger partial charge in [-0.25, -0.2) is 4.98 Å². The van der Waals surface area contributed by atoms with Crippen LogP contribution in [-0.4, -0.2) is 54.3 Å². The van der Waals surface area contributed by atoms with Crippen LogP contribution >= 0.6 is 0 Å². The third-order valence-electron chi connectivity index (χ3n) is 4.95. The van der Waals surface area contributed by atoms with Crippen molar-refractivity contribution in [2.75, 3.05) is 32.5 Å². The van der Waals surface area contributed by atoms with Crippen LogP contribution in [-0.2, 0) is 6.42 Å². The maximum Gasteiger partial charge on any atom is 0.261 e. The Morgan fingerprint density at radius 3 is 2.83 bits per heavy atom. The highest BCUT2D eigenvalue weighted by molar-refractivity contribution is 5.85. The summed E-state index contributed by atoms with van der Waals surface area (Å²) in [5.41, 5.74) is 0.449. The van der Waals surface area contributed by atoms with Crippen LogP contribution < -0.4 is 10.9 Å². The SMILES string of the molecule is C/N=C\c1c(NC2CCN(C)C2)nc(CC2CCCC2)[nH]c1=O. The quantitative estimate of drug-likeness (QED) is 0.810. The van der Waals surface area contributed by atoms with Crippen molar-refractivity contribution in [2.45, 2.75) is 44.6 Å². The van der Waals surface area contributed by atoms with Crippen LogP contribution in [0.4, 0.5) is 5.82 Å². The average molecular weight is 317 g/mol. The molecule has 2 fully saturated rings. The van der Waals surface area contributed by atoms with Crippen molar-refractivity contribution in [1.29, 1.82) is 0 Å². The molecule has 0 amide bonds. The summed E-state index contributed by atoms with van der Waals surface area (Å²) < 4.78 is 0. The number of rotatable bonds is 5. The van der Waals surface area contributed by atoms with Crippen LogP contribution in [0.25, 0.3) is 0 Å². The highest BCUT2D eigenvalue weighted by Gasteiger charge is 2.22. The summed E-state index contributed by atoms with van der Waals surface area (Å²) in [6.45, 7) is 2.06. The van der Waals surface area contributed by atoms with Gasteiger partial charge in [-0.3, -0.25) is 9.79 Å². The zero-order valence-electron chi connectivity index (χ0n) is 14.1. The Balaban J connectivity index is 1.83. The average Bonchev–Trinajstić information content (AvgIpc) is 3.15. The van der Waals surface area contributed by atoms with E-state index in [2.05, 4.69) is 27.2 Å². The van der Waals surface area contributed by atoms with E-state index >= 15 is 0 Å². The molecule has 0 bridgehead atoms. The molecule has 1 atom stereocenters. The molecule has 2 heterocycles. The highest BCUT2D eigenvalue weighted by atomic mass is 16.1. The maximum atomic E-state index is 12.4. The molecule has 2 aliphatic rings. The topological polar surface area (TPSA) is 73.4 Å². The molecule has 0 aromatic carbocycles. The summed E-state index contributed by atoms with van der Waals surface area (Å²) in [5, 5.41) is 3.47. The Bertz CT molecular complexity index is 618. The number of likely N-dealkylation sites (N-methyl/N-ethyl adjacent to an activating group) is 1. The second-order valence-corrected chi connectivity index (χ2v) is 6.91. The van der Waals surface area contributed by atoms with Gasteiger partial charge in [0, 0.05) is 32.3 Å². The van der Waals surface area contributed by atoms with Crippen molar-refractivity contribution >= 4 is 12.0 Å². The lowest BCUT2D eigenvalue weighted by molar-refractivity contribution is 0.414. The molecule has 126 valence electrons. The van der Waals surface area contributed by atoms with E-state index in [9.17, 15) is 4.79 Å². The molecule has 1 unspecified atom stereocenters. The molecule has 6 nitrogen and oxygen atoms in total. The monoisotopic (exact) mass is 317 g/mol. The van der Waals surface area contributed by atoms with Gasteiger partial charge < -0.3 is 15.2 Å². The van der Waals surface area contributed by atoms with E-state index < -0.39 is 0 Å². The second kappa shape index (κ2) is 7.25. The normalized spacial score (nSPS) is 23.1. The lowest BCUT2D eigenvalue weighted by atomic mass is 10.0. The van der Waals surface area contributed by atoms with Crippen LogP contribution in [0.3, 0.4) is 0 Å². The van der Waals surface area contributed by atoms with E-state index in [1.54, 1.807) is 13.3 Å². The van der Waals surface area contributed by atoms with Crippen LogP contribution in [0.15, 0.2) is 9.79 Å². The molecule has 6 heteroatoms. The van der Waals surface area contributed by atoms with Crippen molar-refractivity contribution in [3.05, 3.63) is 21.7 Å². The third kappa shape index (κ3) is 3.99. The molecule has 2 N–H and O–H groups in total. The van der Waals surface area contributed by atoms with E-state index in [0.717, 1.165) is 31.8 Å². The van der Waals surface area contributed by atoms with Crippen molar-refractivity contribution in [2.24, 2.45) is 10.9 Å². The highest BCUT2D eigenvalue weighted by Crippen LogP contribution is 2.27. The van der Waals surface area contributed by atoms with Gasteiger partial charge in [-0.1, -0.05) is 25.7 Å². The lowest BCUT2D eigenvalue weighted by Gasteiger charge is -2.16. The van der Waals surface area contributed by atoms with Crippen molar-refractivity contribution < 1.29 is 0 Å². The molecule has 1 saturated heterocycles. The van der Waals surface area contributed by atoms with E-state index in [-0.39, 0.29) is 5.56 Å². The van der Waals surface area contributed by atoms with E-state index in [0.29, 0.717) is 23.3 Å². The van der Waals surface area contributed by atoms with Gasteiger partial charge in [0.2, 0.25) is 0 Å². The van der Waals surface area contributed by atoms with Crippen LogP contribution in [0, 0.1) is 5.92 Å². The van der Waals surface area contributed by atoms with Crippen LogP contribution in [0.5, 0.6) is 0 Å². The van der Waals surface area contributed by atoms with Gasteiger partial charge in [0.15, 0.2) is 0 Å². The summed E-state index contributed by atoms with van der Waals surface area (Å²) in [7, 11) is 3.80. The van der Waals surface area contributed by atoms with Crippen molar-refractivity contribution in [3.8, 4) is 0 Å². The molecular weight excluding hydrogens is 290 g/mol. The Morgan fingerprint density at radius 2 is 2.17 bits per heavy atom. The number of hydrogen-bond acceptors (Lipinski definition) is 5. The number of aromatic amines is 1. The Morgan fingerprint density at radius 1 is 1.39 bits per heavy atom. The number of nitrogens with one attached hydrogen (secondary N) is 2. The molecule has 0 spiro atoms. The van der Waals surface area contributed by atoms with Crippen molar-refractivity contribution in [1.82, 2.24) is 14.9 Å². The van der Waals surface area contributed by atoms with Gasteiger partial charge in [0.1, 0.15) is 11.6 Å². The molecule has 1 aliphatic heterocycles. The van der Waals surface area contributed by atoms with E-state index in [4.69, 9.17) is 4.98 Å². The van der Waals surface area contributed by atoms with Crippen LogP contribution in [0.1, 0.15) is 43.5 Å². The van der Waals surface area contributed by atoms with Gasteiger partial charge >= 0.3 is 0 Å². The predicted octanol–water partition coefficient (Wildman–Crippen LogP) is 1.67. The Kier molecular flexibility index (Phi) is 5.10. The first-order valence-electron chi connectivity index (χ1n) is 8.66. The fourth-order valence-electron chi connectivity index (χ4n) is 3.72. The first-order valence-corrected chi connectivity index (χ1v) is 8.66. The summed E-state index contributed by atoms with van der Waals surface area (Å²) in [5.74, 6) is 2.16. The number of hydrogen-bond donors (Lipinski definition) is 2. The number of aliphatic imine (C=N–C) groups is 1. The maximum absolute atomic E-state index is 12.4. The third-order valence-corrected chi connectivity index (χ3v) is 4.95. The molecule has 1 aromatic rings. The fourth-order valence-corrected chi connectivity index (χ4v) is 3.72. The minimum Gasteiger partial charge on any atom is -0.365 e. The van der Waals surface area contributed by atoms with Gasteiger partial charge in [0.05, 0.1) is 5.56 Å². The van der Waals surface area contributed by atoms with E-state index in [1.807, 2.05) is 0 Å². The largest absolute Gasteiger partial charge is 0.365 e. The fraction of sp³-hybridized carbons (Fsp3) is 0.706. The molecule has 0 radical (unpaired) electrons. The Labute approximate surface area is 137 Å². The molecule has 1 aliphatic carbocycles. The predicted molar refractivity (Wildman–Crippen MR) is 93.6 cm³/mol. The Hall–Kier alpha value is -1.69. The molecule has 23 heavy (non-hydrogen) atoms. The number of likely N-dealkylation sites (tertiary alicyclic amines) is 1. The summed E-state index contributed by atoms with van der Waals surface area (Å²) >= 11 is 0. The standard InChI is InChI=1S/C17H27N5O/c1-18-10-14-16(19-13-7-8-22(2)11-13)20-15(21-17(14)23)9-12-5-3-4-6-12/h10,12-13H,3-9,11H2,1-2H3,(H2,19,20,21,23)/b18-10-. The zero-order valence-corrected chi connectivity index (χ0v) is 14.1. The zero-order chi connectivity index (χ0) is 16.2. The molecule has 3 rings (SSSR count). The minimum absolute atomic E-state index is 0.0903.